The van der Waals surface area contributed by atoms with Crippen molar-refractivity contribution < 1.29 is 0 Å². The normalized spacial score (nSPS) is 20.2. The summed E-state index contributed by atoms with van der Waals surface area (Å²) in [5.74, 6) is 0. The minimum atomic E-state index is 0.549. The Kier molecular flexibility index (Phi) is 2.11. The molecule has 3 rings (SSSR count). The van der Waals surface area contributed by atoms with Gasteiger partial charge in [0.25, 0.3) is 0 Å². The van der Waals surface area contributed by atoms with E-state index in [1.807, 2.05) is 0 Å². The summed E-state index contributed by atoms with van der Waals surface area (Å²) in [6.07, 6.45) is 1.05. The molecule has 1 aliphatic rings. The first-order valence-electron chi connectivity index (χ1n) is 5.16. The Balaban J connectivity index is 2.05. The van der Waals surface area contributed by atoms with Gasteiger partial charge < -0.3 is 5.32 Å². The first-order valence-corrected chi connectivity index (χ1v) is 6.11. The third kappa shape index (κ3) is 1.50. The van der Waals surface area contributed by atoms with Gasteiger partial charge in [0.15, 0.2) is 0 Å². The molecule has 0 fully saturated rings. The van der Waals surface area contributed by atoms with Crippen LogP contribution in [-0.2, 0) is 13.0 Å². The fourth-order valence-corrected chi connectivity index (χ4v) is 2.69. The van der Waals surface area contributed by atoms with E-state index in [0.29, 0.717) is 6.04 Å². The fraction of sp³-hybridized carbons (Fsp3) is 0.364. The van der Waals surface area contributed by atoms with E-state index in [4.69, 9.17) is 0 Å². The molecule has 0 amide bonds. The van der Waals surface area contributed by atoms with E-state index in [2.05, 4.69) is 39.3 Å². The summed E-state index contributed by atoms with van der Waals surface area (Å²) in [5.41, 5.74) is 4.98. The molecule has 0 saturated heterocycles. The second-order valence-electron chi connectivity index (χ2n) is 4.03. The summed E-state index contributed by atoms with van der Waals surface area (Å²) in [5, 5.41) is 15.3. The van der Waals surface area contributed by atoms with Gasteiger partial charge in [0.1, 0.15) is 0 Å². The molecule has 2 aromatic rings. The molecule has 0 saturated carbocycles. The Labute approximate surface area is 92.5 Å². The number of H-pyrrole nitrogens is 1. The Morgan fingerprint density at radius 3 is 3.27 bits per heavy atom. The summed E-state index contributed by atoms with van der Waals surface area (Å²) < 4.78 is 0. The summed E-state index contributed by atoms with van der Waals surface area (Å²) in [6.45, 7) is 3.13. The van der Waals surface area contributed by atoms with E-state index in [1.165, 1.54) is 16.8 Å². The number of aromatic nitrogens is 2. The number of nitrogens with zero attached hydrogens (tertiary/aromatic N) is 1. The van der Waals surface area contributed by atoms with Crippen LogP contribution in [0.2, 0.25) is 0 Å². The van der Waals surface area contributed by atoms with E-state index < -0.39 is 0 Å². The summed E-state index contributed by atoms with van der Waals surface area (Å²) >= 11 is 1.71. The van der Waals surface area contributed by atoms with Crippen LogP contribution in [0.1, 0.15) is 18.2 Å². The molecule has 78 valence electrons. The third-order valence-electron chi connectivity index (χ3n) is 2.89. The maximum absolute atomic E-state index is 4.42. The van der Waals surface area contributed by atoms with Gasteiger partial charge in [-0.25, -0.2) is 0 Å². The van der Waals surface area contributed by atoms with Crippen molar-refractivity contribution in [1.82, 2.24) is 15.5 Å². The van der Waals surface area contributed by atoms with Gasteiger partial charge in [-0.15, -0.1) is 0 Å². The van der Waals surface area contributed by atoms with Gasteiger partial charge in [0.05, 0.1) is 5.69 Å². The molecule has 1 aliphatic heterocycles. The highest BCUT2D eigenvalue weighted by Crippen LogP contribution is 2.28. The van der Waals surface area contributed by atoms with E-state index in [1.54, 1.807) is 11.3 Å². The predicted octanol–water partition coefficient (Wildman–Crippen LogP) is 2.17. The molecule has 0 bridgehead atoms. The molecular formula is C11H13N3S. The molecule has 0 unspecified atom stereocenters. The van der Waals surface area contributed by atoms with Crippen molar-refractivity contribution in [1.29, 1.82) is 0 Å². The molecule has 2 aromatic heterocycles. The van der Waals surface area contributed by atoms with Crippen molar-refractivity contribution in [3.63, 3.8) is 0 Å². The number of thiophene rings is 1. The molecule has 0 aliphatic carbocycles. The smallest absolute Gasteiger partial charge is 0.0976 e. The summed E-state index contributed by atoms with van der Waals surface area (Å²) in [7, 11) is 0. The van der Waals surface area contributed by atoms with E-state index in [-0.39, 0.29) is 0 Å². The predicted molar refractivity (Wildman–Crippen MR) is 61.9 cm³/mol. The van der Waals surface area contributed by atoms with Gasteiger partial charge in [-0.1, -0.05) is 0 Å². The van der Waals surface area contributed by atoms with Crippen molar-refractivity contribution >= 4 is 11.3 Å². The topological polar surface area (TPSA) is 40.7 Å². The lowest BCUT2D eigenvalue weighted by atomic mass is 10.0. The second kappa shape index (κ2) is 3.47. The Hall–Kier alpha value is -1.13. The number of rotatable bonds is 1. The van der Waals surface area contributed by atoms with Gasteiger partial charge >= 0.3 is 0 Å². The molecule has 0 spiro atoms. The van der Waals surface area contributed by atoms with Gasteiger partial charge in [0, 0.05) is 41.2 Å². The monoisotopic (exact) mass is 219 g/mol. The summed E-state index contributed by atoms with van der Waals surface area (Å²) in [4.78, 5) is 0. The molecule has 4 heteroatoms. The lowest BCUT2D eigenvalue weighted by Gasteiger charge is -2.19. The molecule has 0 radical (unpaired) electrons. The SMILES string of the molecule is C[C@@H]1Cc2[nH]nc(-c3ccsc3)c2CN1. The maximum atomic E-state index is 4.42. The molecule has 3 heterocycles. The first-order chi connectivity index (χ1) is 7.34. The lowest BCUT2D eigenvalue weighted by Crippen LogP contribution is -2.32. The largest absolute Gasteiger partial charge is 0.310 e. The van der Waals surface area contributed by atoms with Crippen LogP contribution in [0.4, 0.5) is 0 Å². The Morgan fingerprint density at radius 1 is 1.53 bits per heavy atom. The van der Waals surface area contributed by atoms with Crippen LogP contribution in [0.25, 0.3) is 11.3 Å². The Bertz CT molecular complexity index is 458. The van der Waals surface area contributed by atoms with Crippen LogP contribution in [0.5, 0.6) is 0 Å². The lowest BCUT2D eigenvalue weighted by molar-refractivity contribution is 0.509. The highest BCUT2D eigenvalue weighted by atomic mass is 32.1. The Morgan fingerprint density at radius 2 is 2.47 bits per heavy atom. The van der Waals surface area contributed by atoms with Crippen LogP contribution in [-0.4, -0.2) is 16.2 Å². The molecule has 0 aromatic carbocycles. The second-order valence-corrected chi connectivity index (χ2v) is 4.81. The van der Waals surface area contributed by atoms with E-state index in [0.717, 1.165) is 18.7 Å². The third-order valence-corrected chi connectivity index (χ3v) is 3.57. The molecule has 3 nitrogen and oxygen atoms in total. The van der Waals surface area contributed by atoms with E-state index >= 15 is 0 Å². The van der Waals surface area contributed by atoms with E-state index in [9.17, 15) is 0 Å². The molecule has 2 N–H and O–H groups in total. The molecular weight excluding hydrogens is 206 g/mol. The average Bonchev–Trinajstić information content (AvgIpc) is 2.82. The van der Waals surface area contributed by atoms with Gasteiger partial charge in [-0.05, 0) is 18.4 Å². The maximum Gasteiger partial charge on any atom is 0.0976 e. The van der Waals surface area contributed by atoms with Crippen molar-refractivity contribution in [3.05, 3.63) is 28.1 Å². The minimum absolute atomic E-state index is 0.549. The van der Waals surface area contributed by atoms with Crippen LogP contribution < -0.4 is 5.32 Å². The number of hydrogen-bond donors (Lipinski definition) is 2. The van der Waals surface area contributed by atoms with Crippen molar-refractivity contribution in [2.24, 2.45) is 0 Å². The zero-order chi connectivity index (χ0) is 10.3. The van der Waals surface area contributed by atoms with Crippen molar-refractivity contribution in [2.45, 2.75) is 25.9 Å². The van der Waals surface area contributed by atoms with Crippen molar-refractivity contribution in [2.75, 3.05) is 0 Å². The first kappa shape index (κ1) is 9.12. The highest BCUT2D eigenvalue weighted by Gasteiger charge is 2.20. The average molecular weight is 219 g/mol. The number of hydrogen-bond acceptors (Lipinski definition) is 3. The molecule has 1 atom stereocenters. The number of aromatic amines is 1. The fourth-order valence-electron chi connectivity index (χ4n) is 2.05. The number of fused-ring (bicyclic) bond motifs is 1. The van der Waals surface area contributed by atoms with Gasteiger partial charge in [-0.2, -0.15) is 16.4 Å². The van der Waals surface area contributed by atoms with Crippen LogP contribution >= 0.6 is 11.3 Å². The van der Waals surface area contributed by atoms with Crippen LogP contribution in [0.15, 0.2) is 16.8 Å². The zero-order valence-electron chi connectivity index (χ0n) is 8.58. The molecule has 15 heavy (non-hydrogen) atoms. The van der Waals surface area contributed by atoms with Gasteiger partial charge in [0.2, 0.25) is 0 Å². The van der Waals surface area contributed by atoms with Gasteiger partial charge in [-0.3, -0.25) is 5.10 Å². The zero-order valence-corrected chi connectivity index (χ0v) is 9.40. The van der Waals surface area contributed by atoms with Crippen LogP contribution in [0.3, 0.4) is 0 Å². The highest BCUT2D eigenvalue weighted by molar-refractivity contribution is 7.08. The van der Waals surface area contributed by atoms with Crippen molar-refractivity contribution in [3.8, 4) is 11.3 Å². The van der Waals surface area contributed by atoms with Crippen LogP contribution in [0, 0.1) is 0 Å². The quantitative estimate of drug-likeness (QED) is 0.771. The number of nitrogens with one attached hydrogen (secondary N) is 2. The minimum Gasteiger partial charge on any atom is -0.310 e. The summed E-state index contributed by atoms with van der Waals surface area (Å²) in [6, 6.07) is 2.67. The standard InChI is InChI=1S/C11H13N3S/c1-7-4-10-9(5-12-7)11(14-13-10)8-2-3-15-6-8/h2-3,6-7,12H,4-5H2,1H3,(H,13,14)/t7-/m1/s1.